The largest absolute Gasteiger partial charge is 0.351 e. The molecule has 1 fully saturated rings. The number of imidazole rings is 1. The van der Waals surface area contributed by atoms with Gasteiger partial charge in [-0.15, -0.1) is 0 Å². The molecular weight excluding hydrogens is 311 g/mol. The van der Waals surface area contributed by atoms with Crippen LogP contribution >= 0.6 is 0 Å². The number of halogens is 1. The number of rotatable bonds is 3. The summed E-state index contributed by atoms with van der Waals surface area (Å²) in [6, 6.07) is 0. The van der Waals surface area contributed by atoms with Crippen LogP contribution in [0.15, 0.2) is 23.9 Å². The topological polar surface area (TPSA) is 95.1 Å². The standard InChI is InChI=1S/C12H15FN6O2S/c1-9-11(13)12(17-8-15-9)18-2-4-19(5-3-18)22(20,21)10-6-14-7-16-10/h6-8H,2-5H2,1H3,(H,14,16). The summed E-state index contributed by atoms with van der Waals surface area (Å²) in [7, 11) is -3.58. The molecule has 0 atom stereocenters. The van der Waals surface area contributed by atoms with Gasteiger partial charge < -0.3 is 9.88 Å². The summed E-state index contributed by atoms with van der Waals surface area (Å²) in [5.74, 6) is -0.251. The van der Waals surface area contributed by atoms with Crippen LogP contribution in [0, 0.1) is 12.7 Å². The zero-order valence-corrected chi connectivity index (χ0v) is 12.7. The molecular formula is C12H15FN6O2S. The lowest BCUT2D eigenvalue weighted by Gasteiger charge is -2.34. The van der Waals surface area contributed by atoms with Crippen LogP contribution in [0.4, 0.5) is 10.2 Å². The average molecular weight is 326 g/mol. The third kappa shape index (κ3) is 2.55. The van der Waals surface area contributed by atoms with Crippen molar-refractivity contribution in [2.75, 3.05) is 31.1 Å². The zero-order chi connectivity index (χ0) is 15.7. The lowest BCUT2D eigenvalue weighted by molar-refractivity contribution is 0.380. The Morgan fingerprint density at radius 3 is 2.59 bits per heavy atom. The van der Waals surface area contributed by atoms with E-state index in [0.29, 0.717) is 13.1 Å². The molecule has 0 saturated carbocycles. The fourth-order valence-corrected chi connectivity index (χ4v) is 3.65. The van der Waals surface area contributed by atoms with E-state index in [0.717, 1.165) is 0 Å². The van der Waals surface area contributed by atoms with Gasteiger partial charge in [-0.25, -0.2) is 27.8 Å². The molecule has 0 unspecified atom stereocenters. The number of aryl methyl sites for hydroxylation is 1. The van der Waals surface area contributed by atoms with Crippen LogP contribution in [0.1, 0.15) is 5.69 Å². The van der Waals surface area contributed by atoms with Crippen LogP contribution in [-0.4, -0.2) is 58.8 Å². The first kappa shape index (κ1) is 14.9. The Morgan fingerprint density at radius 2 is 1.95 bits per heavy atom. The van der Waals surface area contributed by atoms with Crippen LogP contribution in [-0.2, 0) is 10.0 Å². The predicted octanol–water partition coefficient (Wildman–Crippen LogP) is 0.158. The molecule has 0 aliphatic carbocycles. The summed E-state index contributed by atoms with van der Waals surface area (Å²) in [4.78, 5) is 15.8. The molecule has 0 bridgehead atoms. The highest BCUT2D eigenvalue weighted by Crippen LogP contribution is 2.21. The summed E-state index contributed by atoms with van der Waals surface area (Å²) >= 11 is 0. The zero-order valence-electron chi connectivity index (χ0n) is 11.9. The third-order valence-electron chi connectivity index (χ3n) is 3.57. The first-order valence-corrected chi connectivity index (χ1v) is 8.14. The van der Waals surface area contributed by atoms with Crippen LogP contribution in [0.5, 0.6) is 0 Å². The van der Waals surface area contributed by atoms with Crippen LogP contribution < -0.4 is 4.90 Å². The van der Waals surface area contributed by atoms with Crippen molar-refractivity contribution < 1.29 is 12.8 Å². The van der Waals surface area contributed by atoms with E-state index in [4.69, 9.17) is 0 Å². The number of sulfonamides is 1. The van der Waals surface area contributed by atoms with Gasteiger partial charge in [-0.1, -0.05) is 0 Å². The molecule has 1 aliphatic heterocycles. The third-order valence-corrected chi connectivity index (χ3v) is 5.40. The summed E-state index contributed by atoms with van der Waals surface area (Å²) in [5.41, 5.74) is 0.275. The fraction of sp³-hybridized carbons (Fsp3) is 0.417. The highest BCUT2D eigenvalue weighted by Gasteiger charge is 2.30. The van der Waals surface area contributed by atoms with Gasteiger partial charge in [0.15, 0.2) is 16.7 Å². The van der Waals surface area contributed by atoms with Crippen molar-refractivity contribution in [1.82, 2.24) is 24.2 Å². The van der Waals surface area contributed by atoms with E-state index in [1.807, 2.05) is 0 Å². The average Bonchev–Trinajstić information content (AvgIpc) is 3.05. The number of aromatic amines is 1. The first-order valence-electron chi connectivity index (χ1n) is 6.70. The van der Waals surface area contributed by atoms with E-state index >= 15 is 0 Å². The van der Waals surface area contributed by atoms with Gasteiger partial charge in [0.2, 0.25) is 0 Å². The van der Waals surface area contributed by atoms with E-state index in [9.17, 15) is 12.8 Å². The lowest BCUT2D eigenvalue weighted by Crippen LogP contribution is -2.49. The Kier molecular flexibility index (Phi) is 3.79. The second-order valence-electron chi connectivity index (χ2n) is 4.90. The molecule has 0 amide bonds. The minimum Gasteiger partial charge on any atom is -0.351 e. The summed E-state index contributed by atoms with van der Waals surface area (Å²) in [6.07, 6.45) is 3.90. The molecule has 0 spiro atoms. The van der Waals surface area contributed by atoms with Crippen LogP contribution in [0.2, 0.25) is 0 Å². The molecule has 118 valence electrons. The summed E-state index contributed by atoms with van der Waals surface area (Å²) < 4.78 is 40.1. The molecule has 0 radical (unpaired) electrons. The van der Waals surface area contributed by atoms with Crippen LogP contribution in [0.3, 0.4) is 0 Å². The Balaban J connectivity index is 1.75. The van der Waals surface area contributed by atoms with Gasteiger partial charge in [0.25, 0.3) is 10.0 Å². The van der Waals surface area contributed by atoms with E-state index in [1.54, 1.807) is 11.8 Å². The van der Waals surface area contributed by atoms with Gasteiger partial charge >= 0.3 is 0 Å². The second-order valence-corrected chi connectivity index (χ2v) is 6.81. The van der Waals surface area contributed by atoms with Gasteiger partial charge in [0, 0.05) is 26.2 Å². The van der Waals surface area contributed by atoms with Crippen molar-refractivity contribution in [2.45, 2.75) is 11.9 Å². The summed E-state index contributed by atoms with van der Waals surface area (Å²) in [6.45, 7) is 2.80. The molecule has 3 heterocycles. The number of piperazine rings is 1. The number of H-pyrrole nitrogens is 1. The van der Waals surface area contributed by atoms with Crippen LogP contribution in [0.25, 0.3) is 0 Å². The number of nitrogens with one attached hydrogen (secondary N) is 1. The van der Waals surface area contributed by atoms with Gasteiger partial charge in [-0.05, 0) is 6.92 Å². The minimum atomic E-state index is -3.58. The highest BCUT2D eigenvalue weighted by molar-refractivity contribution is 7.89. The molecule has 1 saturated heterocycles. The molecule has 10 heteroatoms. The van der Waals surface area contributed by atoms with Crippen molar-refractivity contribution in [3.63, 3.8) is 0 Å². The van der Waals surface area contributed by atoms with Crippen molar-refractivity contribution in [3.05, 3.63) is 30.4 Å². The smallest absolute Gasteiger partial charge is 0.260 e. The number of hydrogen-bond acceptors (Lipinski definition) is 6. The van der Waals surface area contributed by atoms with Gasteiger partial charge in [-0.3, -0.25) is 0 Å². The molecule has 2 aromatic rings. The molecule has 1 N–H and O–H groups in total. The monoisotopic (exact) mass is 326 g/mol. The SMILES string of the molecule is Cc1ncnc(N2CCN(S(=O)(=O)c3cnc[nH]3)CC2)c1F. The first-order chi connectivity index (χ1) is 10.5. The lowest BCUT2D eigenvalue weighted by atomic mass is 10.3. The Bertz CT molecular complexity index is 756. The second kappa shape index (κ2) is 5.61. The van der Waals surface area contributed by atoms with Gasteiger partial charge in [0.1, 0.15) is 6.33 Å². The van der Waals surface area contributed by atoms with Crippen molar-refractivity contribution in [3.8, 4) is 0 Å². The van der Waals surface area contributed by atoms with Gasteiger partial charge in [-0.2, -0.15) is 4.31 Å². The highest BCUT2D eigenvalue weighted by atomic mass is 32.2. The van der Waals surface area contributed by atoms with Crippen molar-refractivity contribution in [2.24, 2.45) is 0 Å². The Morgan fingerprint density at radius 1 is 1.23 bits per heavy atom. The number of anilines is 1. The minimum absolute atomic E-state index is 0.0602. The molecule has 8 nitrogen and oxygen atoms in total. The maximum absolute atomic E-state index is 14.0. The normalized spacial score (nSPS) is 16.9. The van der Waals surface area contributed by atoms with E-state index in [1.165, 1.54) is 23.2 Å². The molecule has 0 aromatic carbocycles. The van der Waals surface area contributed by atoms with Gasteiger partial charge in [0.05, 0.1) is 18.2 Å². The van der Waals surface area contributed by atoms with E-state index < -0.39 is 15.8 Å². The number of hydrogen-bond donors (Lipinski definition) is 1. The molecule has 2 aromatic heterocycles. The number of nitrogens with zero attached hydrogens (tertiary/aromatic N) is 5. The number of aromatic nitrogens is 4. The van der Waals surface area contributed by atoms with Crippen molar-refractivity contribution in [1.29, 1.82) is 0 Å². The quantitative estimate of drug-likeness (QED) is 0.863. The molecule has 22 heavy (non-hydrogen) atoms. The molecule has 1 aliphatic rings. The Hall–Kier alpha value is -2.07. The molecule has 3 rings (SSSR count). The maximum atomic E-state index is 14.0. The van der Waals surface area contributed by atoms with E-state index in [-0.39, 0.29) is 29.6 Å². The Labute approximate surface area is 127 Å². The van der Waals surface area contributed by atoms with E-state index in [2.05, 4.69) is 19.9 Å². The maximum Gasteiger partial charge on any atom is 0.260 e. The fourth-order valence-electron chi connectivity index (χ4n) is 2.33. The predicted molar refractivity (Wildman–Crippen MR) is 76.3 cm³/mol. The summed E-state index contributed by atoms with van der Waals surface area (Å²) in [5, 5.41) is 0.0602. The van der Waals surface area contributed by atoms with Crippen molar-refractivity contribution >= 4 is 15.8 Å².